The zero-order chi connectivity index (χ0) is 9.42. The van der Waals surface area contributed by atoms with Crippen LogP contribution in [0.1, 0.15) is 0 Å². The number of thioether (sulfide) groups is 1. The second-order valence-electron chi connectivity index (χ2n) is 2.57. The Bertz CT molecular complexity index is 450. The van der Waals surface area contributed by atoms with E-state index in [1.54, 1.807) is 17.1 Å². The van der Waals surface area contributed by atoms with Crippen LogP contribution in [0.15, 0.2) is 22.4 Å². The van der Waals surface area contributed by atoms with Crippen LogP contribution in [0.3, 0.4) is 0 Å². The Morgan fingerprint density at radius 1 is 1.46 bits per heavy atom. The average Bonchev–Trinajstić information content (AvgIpc) is 2.48. The van der Waals surface area contributed by atoms with E-state index >= 15 is 0 Å². The Hall–Kier alpha value is 0.190. The van der Waals surface area contributed by atoms with Crippen LogP contribution in [0.25, 0.3) is 10.1 Å². The number of hydrogen-bond acceptors (Lipinski definition) is 2. The maximum Gasteiger partial charge on any atom is 0.141 e. The van der Waals surface area contributed by atoms with Gasteiger partial charge in [-0.2, -0.15) is 0 Å². The van der Waals surface area contributed by atoms with Gasteiger partial charge in [-0.25, -0.2) is 4.39 Å². The molecule has 0 aliphatic carbocycles. The molecule has 68 valence electrons. The third-order valence-corrected chi connectivity index (χ3v) is 4.71. The Morgan fingerprint density at radius 3 is 2.92 bits per heavy atom. The Labute approximate surface area is 97.7 Å². The molecule has 0 fully saturated rings. The predicted molar refractivity (Wildman–Crippen MR) is 66.3 cm³/mol. The quantitative estimate of drug-likeness (QED) is 0.555. The number of halogens is 2. The minimum atomic E-state index is -0.103. The normalized spacial score (nSPS) is 11.0. The fraction of sp³-hybridized carbons (Fsp3) is 0.111. The second-order valence-corrected chi connectivity index (χ2v) is 5.49. The highest BCUT2D eigenvalue weighted by Crippen LogP contribution is 2.32. The van der Waals surface area contributed by atoms with E-state index in [2.05, 4.69) is 28.7 Å². The van der Waals surface area contributed by atoms with Crippen LogP contribution in [0.5, 0.6) is 0 Å². The minimum absolute atomic E-state index is 0.103. The lowest BCUT2D eigenvalue weighted by atomic mass is 10.2. The van der Waals surface area contributed by atoms with Crippen molar-refractivity contribution in [3.8, 4) is 0 Å². The van der Waals surface area contributed by atoms with Gasteiger partial charge in [0.15, 0.2) is 0 Å². The van der Waals surface area contributed by atoms with Crippen LogP contribution >= 0.6 is 45.7 Å². The van der Waals surface area contributed by atoms with Crippen molar-refractivity contribution in [3.63, 3.8) is 0 Å². The molecule has 0 aliphatic rings. The first-order chi connectivity index (χ1) is 6.22. The number of thiophene rings is 1. The van der Waals surface area contributed by atoms with Crippen molar-refractivity contribution in [2.45, 2.75) is 4.90 Å². The second kappa shape index (κ2) is 3.74. The molecule has 2 rings (SSSR count). The molecule has 0 bridgehead atoms. The lowest BCUT2D eigenvalue weighted by molar-refractivity contribution is 0.644. The molecule has 0 spiro atoms. The van der Waals surface area contributed by atoms with Crippen molar-refractivity contribution < 1.29 is 4.39 Å². The van der Waals surface area contributed by atoms with E-state index in [0.29, 0.717) is 0 Å². The maximum atomic E-state index is 13.2. The molecule has 0 radical (unpaired) electrons. The molecule has 0 nitrogen and oxygen atoms in total. The summed E-state index contributed by atoms with van der Waals surface area (Å²) in [6, 6.07) is 4.00. The molecule has 2 aromatic rings. The van der Waals surface area contributed by atoms with Crippen LogP contribution in [-0.4, -0.2) is 6.26 Å². The number of benzene rings is 1. The van der Waals surface area contributed by atoms with Gasteiger partial charge >= 0.3 is 0 Å². The highest BCUT2D eigenvalue weighted by atomic mass is 127. The fourth-order valence-electron chi connectivity index (χ4n) is 1.16. The van der Waals surface area contributed by atoms with E-state index in [-0.39, 0.29) is 5.82 Å². The van der Waals surface area contributed by atoms with Crippen LogP contribution in [0, 0.1) is 9.39 Å². The molecule has 0 saturated heterocycles. The maximum absolute atomic E-state index is 13.2. The van der Waals surface area contributed by atoms with Crippen molar-refractivity contribution >= 4 is 55.8 Å². The Balaban J connectivity index is 2.80. The summed E-state index contributed by atoms with van der Waals surface area (Å²) in [6.07, 6.45) is 2.00. The minimum Gasteiger partial charge on any atom is -0.205 e. The zero-order valence-electron chi connectivity index (χ0n) is 6.80. The molecule has 4 heteroatoms. The lowest BCUT2D eigenvalue weighted by Gasteiger charge is -1.99. The first-order valence-electron chi connectivity index (χ1n) is 3.62. The van der Waals surface area contributed by atoms with E-state index in [0.717, 1.165) is 18.6 Å². The van der Waals surface area contributed by atoms with E-state index < -0.39 is 0 Å². The van der Waals surface area contributed by atoms with E-state index in [4.69, 9.17) is 0 Å². The molecule has 0 N–H and O–H groups in total. The van der Waals surface area contributed by atoms with E-state index in [1.807, 2.05) is 12.3 Å². The van der Waals surface area contributed by atoms with Gasteiger partial charge in [0, 0.05) is 19.2 Å². The summed E-state index contributed by atoms with van der Waals surface area (Å²) in [6.45, 7) is 0. The first-order valence-corrected chi connectivity index (χ1v) is 6.81. The third kappa shape index (κ3) is 1.71. The van der Waals surface area contributed by atoms with Gasteiger partial charge in [-0.05, 0) is 41.0 Å². The topological polar surface area (TPSA) is 0 Å². The summed E-state index contributed by atoms with van der Waals surface area (Å²) >= 11 is 5.36. The molecule has 13 heavy (non-hydrogen) atoms. The zero-order valence-corrected chi connectivity index (χ0v) is 10.6. The molecule has 0 atom stereocenters. The van der Waals surface area contributed by atoms with Gasteiger partial charge in [0.1, 0.15) is 5.82 Å². The van der Waals surface area contributed by atoms with Crippen molar-refractivity contribution in [1.29, 1.82) is 0 Å². The smallest absolute Gasteiger partial charge is 0.141 e. The van der Waals surface area contributed by atoms with Crippen LogP contribution in [0.2, 0.25) is 0 Å². The number of hydrogen-bond donors (Lipinski definition) is 0. The van der Waals surface area contributed by atoms with Gasteiger partial charge in [-0.1, -0.05) is 0 Å². The van der Waals surface area contributed by atoms with Gasteiger partial charge in [0.2, 0.25) is 0 Å². The van der Waals surface area contributed by atoms with Gasteiger partial charge in [-0.3, -0.25) is 0 Å². The number of rotatable bonds is 1. The monoisotopic (exact) mass is 324 g/mol. The number of fused-ring (bicyclic) bond motifs is 1. The summed E-state index contributed by atoms with van der Waals surface area (Å²) in [5.41, 5.74) is 0. The van der Waals surface area contributed by atoms with Crippen LogP contribution in [0.4, 0.5) is 4.39 Å². The fourth-order valence-corrected chi connectivity index (χ4v) is 3.65. The Kier molecular flexibility index (Phi) is 2.80. The first kappa shape index (κ1) is 9.73. The third-order valence-electron chi connectivity index (χ3n) is 1.79. The standard InChI is InChI=1S/C9H6FIS2/c1-12-5-2-6-7(10)4-13-9(6)8(11)3-5/h2-4H,1H3. The van der Waals surface area contributed by atoms with Gasteiger partial charge < -0.3 is 0 Å². The molecular weight excluding hydrogens is 318 g/mol. The lowest BCUT2D eigenvalue weighted by Crippen LogP contribution is -1.76. The predicted octanol–water partition coefficient (Wildman–Crippen LogP) is 4.37. The van der Waals surface area contributed by atoms with Gasteiger partial charge in [-0.15, -0.1) is 23.1 Å². The van der Waals surface area contributed by atoms with Crippen molar-refractivity contribution in [2.24, 2.45) is 0 Å². The highest BCUT2D eigenvalue weighted by molar-refractivity contribution is 14.1. The molecule has 0 saturated carbocycles. The molecular formula is C9H6FIS2. The van der Waals surface area contributed by atoms with Crippen molar-refractivity contribution in [1.82, 2.24) is 0 Å². The summed E-state index contributed by atoms with van der Waals surface area (Å²) in [7, 11) is 0. The Morgan fingerprint density at radius 2 is 2.23 bits per heavy atom. The van der Waals surface area contributed by atoms with Crippen molar-refractivity contribution in [3.05, 3.63) is 26.9 Å². The van der Waals surface area contributed by atoms with Gasteiger partial charge in [0.05, 0.1) is 4.70 Å². The highest BCUT2D eigenvalue weighted by Gasteiger charge is 2.07. The van der Waals surface area contributed by atoms with Crippen LogP contribution in [-0.2, 0) is 0 Å². The summed E-state index contributed by atoms with van der Waals surface area (Å²) in [5, 5.41) is 2.32. The largest absolute Gasteiger partial charge is 0.205 e. The molecule has 0 amide bonds. The van der Waals surface area contributed by atoms with E-state index in [9.17, 15) is 4.39 Å². The molecule has 1 aromatic heterocycles. The van der Waals surface area contributed by atoms with E-state index in [1.165, 1.54) is 11.3 Å². The average molecular weight is 324 g/mol. The summed E-state index contributed by atoms with van der Waals surface area (Å²) < 4.78 is 15.4. The molecule has 1 heterocycles. The molecule has 1 aromatic carbocycles. The SMILES string of the molecule is CSc1cc(I)c2scc(F)c2c1. The summed E-state index contributed by atoms with van der Waals surface area (Å²) in [4.78, 5) is 1.12. The van der Waals surface area contributed by atoms with Crippen molar-refractivity contribution in [2.75, 3.05) is 6.26 Å². The van der Waals surface area contributed by atoms with Crippen LogP contribution < -0.4 is 0 Å². The summed E-state index contributed by atoms with van der Waals surface area (Å²) in [5.74, 6) is -0.103. The van der Waals surface area contributed by atoms with Gasteiger partial charge in [0.25, 0.3) is 0 Å². The molecule has 0 aliphatic heterocycles. The molecule has 0 unspecified atom stereocenters.